The zero-order chi connectivity index (χ0) is 27.3. The van der Waals surface area contributed by atoms with Crippen LogP contribution >= 0.6 is 0 Å². The summed E-state index contributed by atoms with van der Waals surface area (Å²) in [5, 5.41) is 13.4. The van der Waals surface area contributed by atoms with Gasteiger partial charge in [0.25, 0.3) is 0 Å². The minimum absolute atomic E-state index is 0.152. The number of hydrogen-bond acceptors (Lipinski definition) is 7. The number of aromatic nitrogens is 2. The third-order valence-corrected chi connectivity index (χ3v) is 9.98. The summed E-state index contributed by atoms with van der Waals surface area (Å²) in [6, 6.07) is 13.8. The lowest BCUT2D eigenvalue weighted by molar-refractivity contribution is 0.107. The first kappa shape index (κ1) is 26.0. The first-order chi connectivity index (χ1) is 19.5. The monoisotopic (exact) mass is 541 g/mol. The van der Waals surface area contributed by atoms with E-state index >= 15 is 0 Å². The van der Waals surface area contributed by atoms with Crippen molar-refractivity contribution in [2.45, 2.75) is 76.5 Å². The van der Waals surface area contributed by atoms with Crippen LogP contribution in [0.3, 0.4) is 0 Å². The average molecular weight is 542 g/mol. The van der Waals surface area contributed by atoms with Crippen LogP contribution in [0.5, 0.6) is 6.01 Å². The number of benzene rings is 2. The van der Waals surface area contributed by atoms with E-state index in [0.717, 1.165) is 50.3 Å². The highest BCUT2D eigenvalue weighted by atomic mass is 16.5. The maximum Gasteiger partial charge on any atom is 0.318 e. The van der Waals surface area contributed by atoms with Crippen LogP contribution in [0.2, 0.25) is 0 Å². The number of anilines is 2. The van der Waals surface area contributed by atoms with Crippen LogP contribution in [-0.2, 0) is 19.4 Å². The summed E-state index contributed by atoms with van der Waals surface area (Å²) in [6.45, 7) is 7.50. The van der Waals surface area contributed by atoms with Gasteiger partial charge in [-0.1, -0.05) is 37.3 Å². The van der Waals surface area contributed by atoms with Crippen LogP contribution in [0.25, 0.3) is 10.8 Å². The topological polar surface area (TPSA) is 65.0 Å². The number of aliphatic hydroxyl groups excluding tert-OH is 1. The molecule has 0 radical (unpaired) electrons. The Bertz CT molecular complexity index is 1370. The maximum absolute atomic E-state index is 10.8. The summed E-state index contributed by atoms with van der Waals surface area (Å²) in [5.41, 5.74) is 5.08. The number of rotatable bonds is 9. The second-order valence-electron chi connectivity index (χ2n) is 12.6. The molecule has 7 nitrogen and oxygen atoms in total. The molecule has 3 aliphatic heterocycles. The number of likely N-dealkylation sites (N-methyl/N-ethyl adjacent to an activating group) is 1. The lowest BCUT2D eigenvalue weighted by atomic mass is 9.95. The van der Waals surface area contributed by atoms with Gasteiger partial charge in [0, 0.05) is 36.8 Å². The highest BCUT2D eigenvalue weighted by Gasteiger charge is 2.45. The molecule has 1 saturated carbocycles. The summed E-state index contributed by atoms with van der Waals surface area (Å²) in [7, 11) is 2.07. The summed E-state index contributed by atoms with van der Waals surface area (Å²) in [4.78, 5) is 17.3. The number of aliphatic hydroxyl groups is 1. The first-order valence-electron chi connectivity index (χ1n) is 15.5. The Kier molecular flexibility index (Phi) is 6.83. The van der Waals surface area contributed by atoms with Gasteiger partial charge in [-0.15, -0.1) is 0 Å². The quantitative estimate of drug-likeness (QED) is 0.410. The Balaban J connectivity index is 1.21. The summed E-state index contributed by atoms with van der Waals surface area (Å²) >= 11 is 0. The van der Waals surface area contributed by atoms with Crippen molar-refractivity contribution in [1.29, 1.82) is 0 Å². The van der Waals surface area contributed by atoms with Crippen molar-refractivity contribution >= 4 is 22.3 Å². The zero-order valence-corrected chi connectivity index (χ0v) is 24.1. The third kappa shape index (κ3) is 4.71. The van der Waals surface area contributed by atoms with Gasteiger partial charge in [0.15, 0.2) is 0 Å². The normalized spacial score (nSPS) is 20.9. The predicted octanol–water partition coefficient (Wildman–Crippen LogP) is 4.97. The molecule has 0 bridgehead atoms. The smallest absolute Gasteiger partial charge is 0.318 e. The van der Waals surface area contributed by atoms with Gasteiger partial charge in [0.1, 0.15) is 12.4 Å². The lowest BCUT2D eigenvalue weighted by Gasteiger charge is -2.34. The molecule has 1 aliphatic carbocycles. The minimum atomic E-state index is -0.312. The molecular weight excluding hydrogens is 498 g/mol. The minimum Gasteiger partial charge on any atom is -0.461 e. The second kappa shape index (κ2) is 10.5. The molecule has 2 aromatic carbocycles. The fraction of sp³-hybridized carbons (Fsp3) is 0.576. The molecular formula is C33H43N5O2. The molecule has 212 valence electrons. The fourth-order valence-corrected chi connectivity index (χ4v) is 7.59. The van der Waals surface area contributed by atoms with Gasteiger partial charge in [-0.05, 0) is 87.4 Å². The number of nitrogens with zero attached hydrogens (tertiary/aromatic N) is 5. The highest BCUT2D eigenvalue weighted by molar-refractivity contribution is 5.97. The van der Waals surface area contributed by atoms with Crippen LogP contribution in [0.4, 0.5) is 11.5 Å². The van der Waals surface area contributed by atoms with Gasteiger partial charge in [-0.2, -0.15) is 9.97 Å². The van der Waals surface area contributed by atoms with Crippen molar-refractivity contribution in [3.63, 3.8) is 0 Å². The molecule has 1 aromatic heterocycles. The van der Waals surface area contributed by atoms with Gasteiger partial charge in [-0.25, -0.2) is 0 Å². The van der Waals surface area contributed by atoms with Gasteiger partial charge >= 0.3 is 6.01 Å². The van der Waals surface area contributed by atoms with Crippen LogP contribution in [0.15, 0.2) is 36.4 Å². The number of fused-ring (bicyclic) bond motifs is 3. The molecule has 1 unspecified atom stereocenters. The zero-order valence-electron chi connectivity index (χ0n) is 24.1. The van der Waals surface area contributed by atoms with Gasteiger partial charge in [0.2, 0.25) is 0 Å². The number of ether oxygens (including phenoxy) is 1. The molecule has 3 aromatic rings. The maximum atomic E-state index is 10.8. The van der Waals surface area contributed by atoms with Crippen LogP contribution in [0, 0.1) is 5.92 Å². The molecule has 4 heterocycles. The van der Waals surface area contributed by atoms with Crippen molar-refractivity contribution in [2.75, 3.05) is 49.6 Å². The van der Waals surface area contributed by atoms with Crippen molar-refractivity contribution in [3.05, 3.63) is 53.2 Å². The largest absolute Gasteiger partial charge is 0.461 e. The molecule has 1 atom stereocenters. The molecule has 0 amide bonds. The van der Waals surface area contributed by atoms with Gasteiger partial charge < -0.3 is 19.6 Å². The molecule has 40 heavy (non-hydrogen) atoms. The molecule has 4 aliphatic rings. The molecule has 1 N–H and O–H groups in total. The first-order valence-corrected chi connectivity index (χ1v) is 15.5. The van der Waals surface area contributed by atoms with E-state index in [1.54, 1.807) is 0 Å². The summed E-state index contributed by atoms with van der Waals surface area (Å²) in [6.07, 6.45) is 8.73. The molecule has 7 rings (SSSR count). The Labute approximate surface area is 238 Å². The molecule has 2 saturated heterocycles. The van der Waals surface area contributed by atoms with Crippen LogP contribution in [0.1, 0.15) is 62.3 Å². The third-order valence-electron chi connectivity index (χ3n) is 9.98. The summed E-state index contributed by atoms with van der Waals surface area (Å²) < 4.78 is 6.49. The van der Waals surface area contributed by atoms with E-state index < -0.39 is 0 Å². The molecule has 7 heteroatoms. The van der Waals surface area contributed by atoms with E-state index in [0.29, 0.717) is 25.1 Å². The Morgan fingerprint density at radius 2 is 1.85 bits per heavy atom. The van der Waals surface area contributed by atoms with E-state index in [4.69, 9.17) is 14.7 Å². The predicted molar refractivity (Wildman–Crippen MR) is 160 cm³/mol. The Morgan fingerprint density at radius 3 is 2.60 bits per heavy atom. The van der Waals surface area contributed by atoms with Crippen molar-refractivity contribution in [2.24, 2.45) is 5.92 Å². The van der Waals surface area contributed by atoms with E-state index in [1.165, 1.54) is 66.4 Å². The highest BCUT2D eigenvalue weighted by Crippen LogP contribution is 2.40. The molecule has 0 spiro atoms. The van der Waals surface area contributed by atoms with Crippen molar-refractivity contribution < 1.29 is 9.84 Å². The standard InChI is InChI=1S/C33H43N5O2/c1-3-23-8-4-9-25-10-5-11-28(30(23)25)37-19-14-26-27(20-37)34-32(35-31(26)36(2)21-29(39)24-12-13-24)40-22-33-15-6-17-38(33)18-7-16-33/h4-5,8-11,24,29,39H,3,6-7,12-22H2,1-2H3. The van der Waals surface area contributed by atoms with Crippen LogP contribution in [-0.4, -0.2) is 71.5 Å². The Hall–Kier alpha value is -2.90. The van der Waals surface area contributed by atoms with E-state index in [1.807, 2.05) is 0 Å². The lowest BCUT2D eigenvalue weighted by Crippen LogP contribution is -2.43. The SMILES string of the molecule is CCc1cccc2cccc(N3CCc4c(nc(OCC56CCCN5CCC6)nc4N(C)CC(O)C4CC4)C3)c12. The van der Waals surface area contributed by atoms with E-state index in [9.17, 15) is 5.11 Å². The summed E-state index contributed by atoms with van der Waals surface area (Å²) in [5.74, 6) is 1.36. The van der Waals surface area contributed by atoms with Crippen molar-refractivity contribution in [1.82, 2.24) is 14.9 Å². The number of hydrogen-bond donors (Lipinski definition) is 1. The van der Waals surface area contributed by atoms with Gasteiger partial charge in [0.05, 0.1) is 23.9 Å². The van der Waals surface area contributed by atoms with Crippen LogP contribution < -0.4 is 14.5 Å². The Morgan fingerprint density at radius 1 is 1.07 bits per heavy atom. The van der Waals surface area contributed by atoms with E-state index in [2.05, 4.69) is 65.1 Å². The van der Waals surface area contributed by atoms with E-state index in [-0.39, 0.29) is 11.6 Å². The second-order valence-corrected chi connectivity index (χ2v) is 12.6. The fourth-order valence-electron chi connectivity index (χ4n) is 7.59. The molecule has 3 fully saturated rings. The van der Waals surface area contributed by atoms with Crippen molar-refractivity contribution in [3.8, 4) is 6.01 Å². The number of aryl methyl sites for hydroxylation is 1. The average Bonchev–Trinajstić information content (AvgIpc) is 3.65. The van der Waals surface area contributed by atoms with Gasteiger partial charge in [-0.3, -0.25) is 4.90 Å².